The van der Waals surface area contributed by atoms with E-state index in [2.05, 4.69) is 31.3 Å². The van der Waals surface area contributed by atoms with Gasteiger partial charge in [-0.25, -0.2) is 19.9 Å². The van der Waals surface area contributed by atoms with Crippen molar-refractivity contribution in [3.8, 4) is 0 Å². The molecular formula is C17H23N5. The lowest BCUT2D eigenvalue weighted by molar-refractivity contribution is 0.410. The Kier molecular flexibility index (Phi) is 4.32. The molecule has 22 heavy (non-hydrogen) atoms. The molecule has 0 radical (unpaired) electrons. The molecule has 5 heteroatoms. The van der Waals surface area contributed by atoms with Crippen LogP contribution in [0, 0.1) is 20.8 Å². The molecule has 0 saturated heterocycles. The number of aryl methyl sites for hydroxylation is 3. The maximum Gasteiger partial charge on any atom is 0.223 e. The fraction of sp³-hybridized carbons (Fsp3) is 0.529. The monoisotopic (exact) mass is 297 g/mol. The molecule has 1 N–H and O–H groups in total. The molecule has 2 aromatic rings. The van der Waals surface area contributed by atoms with Crippen LogP contribution in [-0.4, -0.2) is 26.5 Å². The van der Waals surface area contributed by atoms with Crippen LogP contribution in [-0.2, 0) is 6.42 Å². The molecule has 0 spiro atoms. The molecule has 0 unspecified atom stereocenters. The molecule has 1 aliphatic carbocycles. The van der Waals surface area contributed by atoms with Crippen LogP contribution in [0.2, 0.25) is 0 Å². The van der Waals surface area contributed by atoms with Crippen molar-refractivity contribution in [1.29, 1.82) is 0 Å². The second kappa shape index (κ2) is 6.38. The summed E-state index contributed by atoms with van der Waals surface area (Å²) in [6, 6.07) is 4.10. The minimum atomic E-state index is 0.630. The number of rotatable bonds is 5. The first kappa shape index (κ1) is 14.9. The van der Waals surface area contributed by atoms with E-state index in [1.54, 1.807) is 0 Å². The highest BCUT2D eigenvalue weighted by Gasteiger charge is 2.21. The highest BCUT2D eigenvalue weighted by atomic mass is 15.1. The van der Waals surface area contributed by atoms with Crippen molar-refractivity contribution < 1.29 is 0 Å². The zero-order valence-electron chi connectivity index (χ0n) is 13.6. The summed E-state index contributed by atoms with van der Waals surface area (Å²) in [5.74, 6) is 2.23. The molecule has 0 aromatic carbocycles. The average molecular weight is 297 g/mol. The van der Waals surface area contributed by atoms with Gasteiger partial charge in [0.05, 0.1) is 0 Å². The van der Waals surface area contributed by atoms with Crippen LogP contribution in [0.3, 0.4) is 0 Å². The van der Waals surface area contributed by atoms with Gasteiger partial charge in [-0.1, -0.05) is 6.42 Å². The maximum absolute atomic E-state index is 4.66. The van der Waals surface area contributed by atoms with Gasteiger partial charge in [-0.2, -0.15) is 0 Å². The van der Waals surface area contributed by atoms with Crippen LogP contribution in [0.15, 0.2) is 12.1 Å². The minimum absolute atomic E-state index is 0.630. The van der Waals surface area contributed by atoms with E-state index in [1.165, 1.54) is 25.0 Å². The summed E-state index contributed by atoms with van der Waals surface area (Å²) < 4.78 is 0. The van der Waals surface area contributed by atoms with E-state index in [4.69, 9.17) is 0 Å². The molecule has 0 atom stereocenters. The molecule has 1 saturated carbocycles. The van der Waals surface area contributed by atoms with E-state index < -0.39 is 0 Å². The average Bonchev–Trinajstić information content (AvgIpc) is 2.34. The first-order valence-electron chi connectivity index (χ1n) is 8.01. The van der Waals surface area contributed by atoms with Gasteiger partial charge in [0.1, 0.15) is 5.82 Å². The summed E-state index contributed by atoms with van der Waals surface area (Å²) in [5, 5.41) is 3.31. The largest absolute Gasteiger partial charge is 0.354 e. The van der Waals surface area contributed by atoms with Gasteiger partial charge in [-0.3, -0.25) is 0 Å². The molecule has 2 aromatic heterocycles. The van der Waals surface area contributed by atoms with Gasteiger partial charge >= 0.3 is 0 Å². The van der Waals surface area contributed by atoms with E-state index in [9.17, 15) is 0 Å². The number of nitrogens with one attached hydrogen (secondary N) is 1. The Morgan fingerprint density at radius 1 is 0.955 bits per heavy atom. The van der Waals surface area contributed by atoms with E-state index in [1.807, 2.05) is 26.8 Å². The summed E-state index contributed by atoms with van der Waals surface area (Å²) in [5.41, 5.74) is 4.24. The molecule has 0 aliphatic heterocycles. The molecule has 1 aliphatic rings. The smallest absolute Gasteiger partial charge is 0.223 e. The number of hydrogen-bond acceptors (Lipinski definition) is 5. The lowest BCUT2D eigenvalue weighted by Gasteiger charge is -2.25. The van der Waals surface area contributed by atoms with Crippen molar-refractivity contribution in [3.63, 3.8) is 0 Å². The Morgan fingerprint density at radius 3 is 2.27 bits per heavy atom. The summed E-state index contributed by atoms with van der Waals surface area (Å²) in [6.45, 7) is 6.78. The van der Waals surface area contributed by atoms with Crippen molar-refractivity contribution >= 4 is 5.95 Å². The molecule has 2 heterocycles. The van der Waals surface area contributed by atoms with Gasteiger partial charge < -0.3 is 5.32 Å². The molecule has 0 bridgehead atoms. The lowest BCUT2D eigenvalue weighted by atomic mass is 9.83. The second-order valence-corrected chi connectivity index (χ2v) is 6.13. The zero-order chi connectivity index (χ0) is 15.5. The Bertz CT molecular complexity index is 644. The van der Waals surface area contributed by atoms with Crippen molar-refractivity contribution in [3.05, 3.63) is 40.7 Å². The van der Waals surface area contributed by atoms with Gasteiger partial charge in [0.25, 0.3) is 0 Å². The summed E-state index contributed by atoms with van der Waals surface area (Å²) in [7, 11) is 0. The number of anilines is 1. The fourth-order valence-corrected chi connectivity index (χ4v) is 2.78. The predicted molar refractivity (Wildman–Crippen MR) is 87.1 cm³/mol. The van der Waals surface area contributed by atoms with Gasteiger partial charge in [-0.05, 0) is 45.7 Å². The van der Waals surface area contributed by atoms with E-state index in [0.717, 1.165) is 41.8 Å². The molecule has 116 valence electrons. The van der Waals surface area contributed by atoms with Crippen molar-refractivity contribution in [1.82, 2.24) is 19.9 Å². The van der Waals surface area contributed by atoms with Crippen molar-refractivity contribution in [2.75, 3.05) is 11.9 Å². The molecular weight excluding hydrogens is 274 g/mol. The third kappa shape index (κ3) is 3.59. The van der Waals surface area contributed by atoms with Crippen LogP contribution in [0.4, 0.5) is 5.95 Å². The van der Waals surface area contributed by atoms with Crippen LogP contribution in [0.1, 0.15) is 53.8 Å². The topological polar surface area (TPSA) is 63.6 Å². The van der Waals surface area contributed by atoms with Gasteiger partial charge in [0.15, 0.2) is 0 Å². The number of hydrogen-bond donors (Lipinski definition) is 1. The fourth-order valence-electron chi connectivity index (χ4n) is 2.78. The highest BCUT2D eigenvalue weighted by molar-refractivity contribution is 5.30. The van der Waals surface area contributed by atoms with E-state index >= 15 is 0 Å². The van der Waals surface area contributed by atoms with Crippen LogP contribution in [0.5, 0.6) is 0 Å². The quantitative estimate of drug-likeness (QED) is 0.918. The van der Waals surface area contributed by atoms with Crippen LogP contribution < -0.4 is 5.32 Å². The Labute approximate surface area is 131 Å². The highest BCUT2D eigenvalue weighted by Crippen LogP contribution is 2.35. The predicted octanol–water partition coefficient (Wildman–Crippen LogP) is 3.11. The van der Waals surface area contributed by atoms with E-state index in [-0.39, 0.29) is 0 Å². The second-order valence-electron chi connectivity index (χ2n) is 6.13. The maximum atomic E-state index is 4.66. The Hall–Kier alpha value is -2.04. The molecule has 5 nitrogen and oxygen atoms in total. The molecule has 3 rings (SSSR count). The number of aromatic nitrogens is 4. The van der Waals surface area contributed by atoms with Crippen LogP contribution >= 0.6 is 0 Å². The third-order valence-corrected chi connectivity index (χ3v) is 4.06. The Morgan fingerprint density at radius 2 is 1.64 bits per heavy atom. The van der Waals surface area contributed by atoms with Gasteiger partial charge in [-0.15, -0.1) is 0 Å². The first-order chi connectivity index (χ1) is 10.6. The zero-order valence-corrected chi connectivity index (χ0v) is 13.6. The SMILES string of the molecule is Cc1cc(C)nc(CCNc2nc(C)cc(C3CCC3)n2)n1. The summed E-state index contributed by atoms with van der Waals surface area (Å²) in [6.07, 6.45) is 4.61. The Balaban J connectivity index is 1.62. The van der Waals surface area contributed by atoms with Crippen LogP contribution in [0.25, 0.3) is 0 Å². The van der Waals surface area contributed by atoms with Gasteiger partial charge in [0.2, 0.25) is 5.95 Å². The molecule has 1 fully saturated rings. The minimum Gasteiger partial charge on any atom is -0.354 e. The molecule has 0 amide bonds. The standard InChI is InChI=1S/C17H23N5/c1-11-9-12(2)20-16(19-11)7-8-18-17-21-13(3)10-15(22-17)14-5-4-6-14/h9-10,14H,4-8H2,1-3H3,(H,18,21,22). The normalized spacial score (nSPS) is 14.7. The summed E-state index contributed by atoms with van der Waals surface area (Å²) in [4.78, 5) is 18.1. The third-order valence-electron chi connectivity index (χ3n) is 4.06. The van der Waals surface area contributed by atoms with Crippen molar-refractivity contribution in [2.24, 2.45) is 0 Å². The lowest BCUT2D eigenvalue weighted by Crippen LogP contribution is -2.15. The van der Waals surface area contributed by atoms with Crippen molar-refractivity contribution in [2.45, 2.75) is 52.4 Å². The van der Waals surface area contributed by atoms with E-state index in [0.29, 0.717) is 5.92 Å². The first-order valence-corrected chi connectivity index (χ1v) is 8.01. The van der Waals surface area contributed by atoms with Gasteiger partial charge in [0, 0.05) is 41.7 Å². The number of nitrogens with zero attached hydrogens (tertiary/aromatic N) is 4. The summed E-state index contributed by atoms with van der Waals surface area (Å²) >= 11 is 0.